The summed E-state index contributed by atoms with van der Waals surface area (Å²) in [7, 11) is 0. The molecule has 166 valence electrons. The molecule has 5 rings (SSSR count). The van der Waals surface area contributed by atoms with Crippen molar-refractivity contribution >= 4 is 11.9 Å². The number of ether oxygens (including phenoxy) is 2. The van der Waals surface area contributed by atoms with Crippen LogP contribution in [0.4, 0.5) is 0 Å². The van der Waals surface area contributed by atoms with Crippen LogP contribution in [0.2, 0.25) is 0 Å². The van der Waals surface area contributed by atoms with Crippen LogP contribution in [0.15, 0.2) is 11.6 Å². The first-order valence-electron chi connectivity index (χ1n) is 11.9. The standard InChI is InChI=1S/C25H36O5/c1-15(26)30-18-6-9-23(2)16(12-18)4-5-19-20(23)7-10-24(3)21(19)8-11-25(24,28)17-13-22(27)29-14-17/h13,16,18-21,28H,4-12,14H2,1-3H3/t16-,18+,19-,20+,21+,23+,24+,25+/m1/s1. The van der Waals surface area contributed by atoms with E-state index in [4.69, 9.17) is 9.47 Å². The molecule has 1 N–H and O–H groups in total. The minimum atomic E-state index is -0.903. The van der Waals surface area contributed by atoms with Gasteiger partial charge in [0.25, 0.3) is 0 Å². The van der Waals surface area contributed by atoms with Crippen molar-refractivity contribution in [2.24, 2.45) is 34.5 Å². The Morgan fingerprint density at radius 1 is 1.10 bits per heavy atom. The lowest BCUT2D eigenvalue weighted by molar-refractivity contribution is -0.165. The van der Waals surface area contributed by atoms with Crippen molar-refractivity contribution < 1.29 is 24.2 Å². The maximum Gasteiger partial charge on any atom is 0.331 e. The summed E-state index contributed by atoms with van der Waals surface area (Å²) in [6, 6.07) is 0. The van der Waals surface area contributed by atoms with E-state index in [1.165, 1.54) is 19.8 Å². The van der Waals surface area contributed by atoms with Crippen molar-refractivity contribution in [3.63, 3.8) is 0 Å². The number of hydrogen-bond acceptors (Lipinski definition) is 5. The van der Waals surface area contributed by atoms with E-state index < -0.39 is 5.60 Å². The van der Waals surface area contributed by atoms with Gasteiger partial charge >= 0.3 is 11.9 Å². The summed E-state index contributed by atoms with van der Waals surface area (Å²) in [5.41, 5.74) is 0.0385. The van der Waals surface area contributed by atoms with Gasteiger partial charge in [-0.3, -0.25) is 4.79 Å². The predicted octanol–water partition coefficient (Wildman–Crippen LogP) is 4.18. The molecule has 8 atom stereocenters. The Labute approximate surface area is 179 Å². The Kier molecular flexibility index (Phi) is 4.67. The molecule has 0 radical (unpaired) electrons. The lowest BCUT2D eigenvalue weighted by atomic mass is 9.44. The van der Waals surface area contributed by atoms with Gasteiger partial charge in [-0.25, -0.2) is 4.79 Å². The van der Waals surface area contributed by atoms with Gasteiger partial charge in [0, 0.05) is 24.0 Å². The molecule has 30 heavy (non-hydrogen) atoms. The highest BCUT2D eigenvalue weighted by atomic mass is 16.5. The third-order valence-corrected chi connectivity index (χ3v) is 10.3. The van der Waals surface area contributed by atoms with E-state index in [1.807, 2.05) is 0 Å². The quantitative estimate of drug-likeness (QED) is 0.684. The summed E-state index contributed by atoms with van der Waals surface area (Å²) in [6.07, 6.45) is 11.1. The number of hydrogen-bond donors (Lipinski definition) is 1. The number of aliphatic hydroxyl groups is 1. The highest BCUT2D eigenvalue weighted by Gasteiger charge is 2.65. The molecule has 5 nitrogen and oxygen atoms in total. The first-order chi connectivity index (χ1) is 14.2. The second-order valence-corrected chi connectivity index (χ2v) is 11.3. The molecule has 4 saturated carbocycles. The van der Waals surface area contributed by atoms with Crippen LogP contribution in [0.25, 0.3) is 0 Å². The van der Waals surface area contributed by atoms with E-state index in [1.54, 1.807) is 6.08 Å². The number of carbonyl (C=O) groups excluding carboxylic acids is 2. The number of rotatable bonds is 2. The maximum atomic E-state index is 11.8. The van der Waals surface area contributed by atoms with Crippen molar-refractivity contribution in [3.05, 3.63) is 11.6 Å². The molecule has 0 aromatic rings. The summed E-state index contributed by atoms with van der Waals surface area (Å²) in [5.74, 6) is 2.00. The Balaban J connectivity index is 1.38. The van der Waals surface area contributed by atoms with Gasteiger partial charge in [0.05, 0.1) is 5.60 Å². The topological polar surface area (TPSA) is 72.8 Å². The number of fused-ring (bicyclic) bond motifs is 5. The van der Waals surface area contributed by atoms with Crippen LogP contribution < -0.4 is 0 Å². The van der Waals surface area contributed by atoms with Crippen LogP contribution in [-0.4, -0.2) is 35.4 Å². The normalized spacial score (nSPS) is 50.1. The SMILES string of the molecule is CC(=O)O[C@H]1CC[C@@]2(C)[C@H](CC[C@@H]3[C@@H]2CC[C@@]2(C)[C@H]3CC[C@]2(O)C2=CC(=O)OC2)C1. The molecule has 5 aliphatic rings. The molecule has 0 bridgehead atoms. The molecule has 4 aliphatic carbocycles. The van der Waals surface area contributed by atoms with Crippen LogP contribution in [0.3, 0.4) is 0 Å². The minimum absolute atomic E-state index is 0.0920. The van der Waals surface area contributed by atoms with Gasteiger partial charge in [0.15, 0.2) is 0 Å². The molecule has 0 aromatic carbocycles. The summed E-state index contributed by atoms with van der Waals surface area (Å²) in [4.78, 5) is 23.1. The Morgan fingerprint density at radius 2 is 1.87 bits per heavy atom. The molecule has 1 aliphatic heterocycles. The second kappa shape index (κ2) is 6.82. The summed E-state index contributed by atoms with van der Waals surface area (Å²) in [6.45, 7) is 6.54. The van der Waals surface area contributed by atoms with Gasteiger partial charge < -0.3 is 14.6 Å². The van der Waals surface area contributed by atoms with Gasteiger partial charge in [0.1, 0.15) is 12.7 Å². The average Bonchev–Trinajstić information content (AvgIpc) is 3.24. The molecule has 0 aromatic heterocycles. The van der Waals surface area contributed by atoms with Gasteiger partial charge in [-0.1, -0.05) is 13.8 Å². The summed E-state index contributed by atoms with van der Waals surface area (Å²) in [5, 5.41) is 11.8. The fourth-order valence-electron chi connectivity index (χ4n) is 8.72. The molecule has 1 heterocycles. The van der Waals surface area contributed by atoms with Gasteiger partial charge in [-0.05, 0) is 86.9 Å². The monoisotopic (exact) mass is 416 g/mol. The Hall–Kier alpha value is -1.36. The van der Waals surface area contributed by atoms with Crippen LogP contribution in [-0.2, 0) is 19.1 Å². The molecule has 0 saturated heterocycles. The molecular formula is C25H36O5. The fraction of sp³-hybridized carbons (Fsp3) is 0.840. The molecule has 5 heteroatoms. The van der Waals surface area contributed by atoms with E-state index in [2.05, 4.69) is 13.8 Å². The third-order valence-electron chi connectivity index (χ3n) is 10.3. The molecule has 0 unspecified atom stereocenters. The Morgan fingerprint density at radius 3 is 2.57 bits per heavy atom. The smallest absolute Gasteiger partial charge is 0.331 e. The van der Waals surface area contributed by atoms with Crippen LogP contribution >= 0.6 is 0 Å². The zero-order chi connectivity index (χ0) is 21.3. The maximum absolute atomic E-state index is 11.8. The number of cyclic esters (lactones) is 1. The highest BCUT2D eigenvalue weighted by molar-refractivity contribution is 5.85. The number of carbonyl (C=O) groups is 2. The van der Waals surface area contributed by atoms with Crippen LogP contribution in [0, 0.1) is 34.5 Å². The summed E-state index contributed by atoms with van der Waals surface area (Å²) < 4.78 is 10.8. The van der Waals surface area contributed by atoms with Gasteiger partial charge in [-0.2, -0.15) is 0 Å². The minimum Gasteiger partial charge on any atom is -0.463 e. The molecular weight excluding hydrogens is 380 g/mol. The zero-order valence-electron chi connectivity index (χ0n) is 18.6. The van der Waals surface area contributed by atoms with E-state index in [9.17, 15) is 14.7 Å². The second-order valence-electron chi connectivity index (χ2n) is 11.3. The molecule has 0 spiro atoms. The van der Waals surface area contributed by atoms with Crippen LogP contribution in [0.5, 0.6) is 0 Å². The zero-order valence-corrected chi connectivity index (χ0v) is 18.6. The Bertz CT molecular complexity index is 788. The van der Waals surface area contributed by atoms with Crippen molar-refractivity contribution in [1.29, 1.82) is 0 Å². The van der Waals surface area contributed by atoms with Crippen LogP contribution in [0.1, 0.15) is 78.6 Å². The van der Waals surface area contributed by atoms with Crippen molar-refractivity contribution in [2.75, 3.05) is 6.61 Å². The summed E-state index contributed by atoms with van der Waals surface area (Å²) >= 11 is 0. The van der Waals surface area contributed by atoms with E-state index in [0.717, 1.165) is 50.5 Å². The van der Waals surface area contributed by atoms with E-state index in [-0.39, 0.29) is 30.1 Å². The molecule has 0 amide bonds. The fourth-order valence-corrected chi connectivity index (χ4v) is 8.72. The third kappa shape index (κ3) is 2.76. The van der Waals surface area contributed by atoms with Crippen molar-refractivity contribution in [3.8, 4) is 0 Å². The highest BCUT2D eigenvalue weighted by Crippen LogP contribution is 2.69. The predicted molar refractivity (Wildman–Crippen MR) is 111 cm³/mol. The van der Waals surface area contributed by atoms with E-state index in [0.29, 0.717) is 29.1 Å². The number of esters is 2. The van der Waals surface area contributed by atoms with Crippen molar-refractivity contribution in [1.82, 2.24) is 0 Å². The molecule has 4 fully saturated rings. The average molecular weight is 417 g/mol. The largest absolute Gasteiger partial charge is 0.463 e. The lowest BCUT2D eigenvalue weighted by Crippen LogP contribution is -2.57. The van der Waals surface area contributed by atoms with Gasteiger partial charge in [-0.15, -0.1) is 0 Å². The lowest BCUT2D eigenvalue weighted by Gasteiger charge is -2.61. The van der Waals surface area contributed by atoms with Crippen molar-refractivity contribution in [2.45, 2.75) is 90.3 Å². The first kappa shape index (κ1) is 20.5. The first-order valence-corrected chi connectivity index (χ1v) is 11.9. The van der Waals surface area contributed by atoms with Gasteiger partial charge in [0.2, 0.25) is 0 Å². The van der Waals surface area contributed by atoms with E-state index >= 15 is 0 Å².